The van der Waals surface area contributed by atoms with Crippen LogP contribution in [0, 0.1) is 5.92 Å². The minimum Gasteiger partial charge on any atom is -0.481 e. The van der Waals surface area contributed by atoms with E-state index < -0.39 is 5.97 Å². The lowest BCUT2D eigenvalue weighted by Crippen LogP contribution is -2.44. The number of carbonyl (C=O) groups is 2. The van der Waals surface area contributed by atoms with Crippen molar-refractivity contribution >= 4 is 23.6 Å². The van der Waals surface area contributed by atoms with E-state index in [1.54, 1.807) is 0 Å². The van der Waals surface area contributed by atoms with Crippen LogP contribution >= 0.6 is 11.8 Å². The highest BCUT2D eigenvalue weighted by molar-refractivity contribution is 8.00. The normalized spacial score (nSPS) is 26.6. The molecule has 1 saturated heterocycles. The molecule has 98 valence electrons. The molecule has 1 amide bonds. The number of nitrogens with zero attached hydrogens (tertiary/aromatic N) is 1. The Balaban J connectivity index is 2.43. The molecule has 3 unspecified atom stereocenters. The molecule has 17 heavy (non-hydrogen) atoms. The van der Waals surface area contributed by atoms with Crippen molar-refractivity contribution in [3.63, 3.8) is 0 Å². The van der Waals surface area contributed by atoms with Crippen molar-refractivity contribution < 1.29 is 14.7 Å². The SMILES string of the molecule is CC(CC(=O)O)CC(=O)N1CC(C)SC(C)C1. The zero-order valence-electron chi connectivity index (χ0n) is 10.7. The number of hydrogen-bond acceptors (Lipinski definition) is 3. The standard InChI is InChI=1S/C12H21NO3S/c1-8(5-12(15)16)4-11(14)13-6-9(2)17-10(3)7-13/h8-10H,4-7H2,1-3H3,(H,15,16). The summed E-state index contributed by atoms with van der Waals surface area (Å²) in [5.74, 6) is -0.820. The Morgan fingerprint density at radius 1 is 1.29 bits per heavy atom. The third kappa shape index (κ3) is 4.98. The zero-order valence-corrected chi connectivity index (χ0v) is 11.5. The molecule has 0 aliphatic carbocycles. The van der Waals surface area contributed by atoms with Crippen LogP contribution in [-0.4, -0.2) is 45.5 Å². The lowest BCUT2D eigenvalue weighted by atomic mass is 10.0. The monoisotopic (exact) mass is 259 g/mol. The number of carbonyl (C=O) groups excluding carboxylic acids is 1. The molecule has 1 N–H and O–H groups in total. The molecule has 0 radical (unpaired) electrons. The Bertz CT molecular complexity index is 285. The van der Waals surface area contributed by atoms with Crippen LogP contribution in [0.2, 0.25) is 0 Å². The van der Waals surface area contributed by atoms with E-state index in [0.29, 0.717) is 16.9 Å². The molecule has 1 aliphatic heterocycles. The average molecular weight is 259 g/mol. The van der Waals surface area contributed by atoms with E-state index in [9.17, 15) is 9.59 Å². The lowest BCUT2D eigenvalue weighted by molar-refractivity contribution is -0.138. The summed E-state index contributed by atoms with van der Waals surface area (Å²) < 4.78 is 0. The first-order valence-corrected chi connectivity index (χ1v) is 6.97. The van der Waals surface area contributed by atoms with Crippen molar-refractivity contribution in [2.75, 3.05) is 13.1 Å². The number of amides is 1. The van der Waals surface area contributed by atoms with Gasteiger partial charge in [-0.15, -0.1) is 0 Å². The highest BCUT2D eigenvalue weighted by Gasteiger charge is 2.26. The maximum absolute atomic E-state index is 12.0. The van der Waals surface area contributed by atoms with Crippen LogP contribution in [-0.2, 0) is 9.59 Å². The molecule has 0 bridgehead atoms. The van der Waals surface area contributed by atoms with E-state index in [0.717, 1.165) is 13.1 Å². The van der Waals surface area contributed by atoms with E-state index in [2.05, 4.69) is 13.8 Å². The van der Waals surface area contributed by atoms with E-state index >= 15 is 0 Å². The van der Waals surface area contributed by atoms with Crippen LogP contribution < -0.4 is 0 Å². The summed E-state index contributed by atoms with van der Waals surface area (Å²) in [5, 5.41) is 9.60. The minimum absolute atomic E-state index is 0.0689. The predicted octanol–water partition coefficient (Wildman–Crippen LogP) is 1.84. The molecule has 1 rings (SSSR count). The molecule has 0 aromatic heterocycles. The Labute approximate surface area is 107 Å². The molecule has 0 aromatic carbocycles. The fraction of sp³-hybridized carbons (Fsp3) is 0.833. The fourth-order valence-corrected chi connectivity index (χ4v) is 3.50. The molecular weight excluding hydrogens is 238 g/mol. The summed E-state index contributed by atoms with van der Waals surface area (Å²) in [4.78, 5) is 24.4. The first-order chi connectivity index (χ1) is 7.88. The third-order valence-corrected chi connectivity index (χ3v) is 4.05. The van der Waals surface area contributed by atoms with E-state index in [-0.39, 0.29) is 18.2 Å². The van der Waals surface area contributed by atoms with Gasteiger partial charge in [0.05, 0.1) is 0 Å². The van der Waals surface area contributed by atoms with Crippen LogP contribution in [0.15, 0.2) is 0 Å². The highest BCUT2D eigenvalue weighted by Crippen LogP contribution is 2.25. The number of hydrogen-bond donors (Lipinski definition) is 1. The molecular formula is C12H21NO3S. The van der Waals surface area contributed by atoms with Gasteiger partial charge in [-0.3, -0.25) is 9.59 Å². The number of aliphatic carboxylic acids is 1. The predicted molar refractivity (Wildman–Crippen MR) is 69.1 cm³/mol. The van der Waals surface area contributed by atoms with E-state index in [4.69, 9.17) is 5.11 Å². The van der Waals surface area contributed by atoms with Crippen LogP contribution in [0.25, 0.3) is 0 Å². The molecule has 0 aromatic rings. The zero-order chi connectivity index (χ0) is 13.0. The average Bonchev–Trinajstić information content (AvgIpc) is 2.14. The molecule has 3 atom stereocenters. The first-order valence-electron chi connectivity index (χ1n) is 6.03. The largest absolute Gasteiger partial charge is 0.481 e. The van der Waals surface area contributed by atoms with Crippen molar-refractivity contribution in [1.82, 2.24) is 4.90 Å². The second kappa shape index (κ2) is 6.28. The molecule has 1 heterocycles. The van der Waals surface area contributed by atoms with Crippen LogP contribution in [0.3, 0.4) is 0 Å². The summed E-state index contributed by atoms with van der Waals surface area (Å²) in [7, 11) is 0. The Kier molecular flexibility index (Phi) is 5.31. The maximum atomic E-state index is 12.0. The maximum Gasteiger partial charge on any atom is 0.303 e. The van der Waals surface area contributed by atoms with Gasteiger partial charge in [-0.25, -0.2) is 0 Å². The van der Waals surface area contributed by atoms with Gasteiger partial charge in [0.1, 0.15) is 0 Å². The van der Waals surface area contributed by atoms with Gasteiger partial charge in [0.2, 0.25) is 5.91 Å². The summed E-state index contributed by atoms with van der Waals surface area (Å²) in [5.41, 5.74) is 0. The minimum atomic E-state index is -0.832. The van der Waals surface area contributed by atoms with Gasteiger partial charge in [-0.05, 0) is 5.92 Å². The van der Waals surface area contributed by atoms with Crippen molar-refractivity contribution in [3.05, 3.63) is 0 Å². The first kappa shape index (κ1) is 14.4. The summed E-state index contributed by atoms with van der Waals surface area (Å²) >= 11 is 1.90. The Morgan fingerprint density at radius 2 is 1.82 bits per heavy atom. The second-order valence-corrected chi connectivity index (χ2v) is 6.84. The molecule has 0 spiro atoms. The van der Waals surface area contributed by atoms with Gasteiger partial charge >= 0.3 is 5.97 Å². The van der Waals surface area contributed by atoms with Crippen molar-refractivity contribution in [1.29, 1.82) is 0 Å². The quantitative estimate of drug-likeness (QED) is 0.837. The van der Waals surface area contributed by atoms with Gasteiger partial charge in [-0.1, -0.05) is 20.8 Å². The van der Waals surface area contributed by atoms with E-state index in [1.807, 2.05) is 23.6 Å². The topological polar surface area (TPSA) is 57.6 Å². The van der Waals surface area contributed by atoms with Gasteiger partial charge in [0.15, 0.2) is 0 Å². The third-order valence-electron chi connectivity index (χ3n) is 2.82. The highest BCUT2D eigenvalue weighted by atomic mass is 32.2. The molecule has 0 saturated carbocycles. The van der Waals surface area contributed by atoms with Gasteiger partial charge < -0.3 is 10.0 Å². The lowest BCUT2D eigenvalue weighted by Gasteiger charge is -2.35. The Morgan fingerprint density at radius 3 is 2.29 bits per heavy atom. The molecule has 5 heteroatoms. The van der Waals surface area contributed by atoms with Gasteiger partial charge in [0.25, 0.3) is 0 Å². The van der Waals surface area contributed by atoms with Crippen LogP contribution in [0.1, 0.15) is 33.6 Å². The summed E-state index contributed by atoms with van der Waals surface area (Å²) in [6.45, 7) is 7.64. The van der Waals surface area contributed by atoms with Crippen molar-refractivity contribution in [3.8, 4) is 0 Å². The molecule has 1 fully saturated rings. The number of rotatable bonds is 4. The van der Waals surface area contributed by atoms with Crippen LogP contribution in [0.4, 0.5) is 0 Å². The van der Waals surface area contributed by atoms with Crippen molar-refractivity contribution in [2.45, 2.75) is 44.1 Å². The number of carboxylic acids is 1. The molecule has 1 aliphatic rings. The molecule has 4 nitrogen and oxygen atoms in total. The fourth-order valence-electron chi connectivity index (χ4n) is 2.18. The second-order valence-electron chi connectivity index (χ2n) is 4.96. The summed E-state index contributed by atoms with van der Waals surface area (Å²) in [6, 6.07) is 0. The number of carboxylic acid groups (broad SMARTS) is 1. The summed E-state index contributed by atoms with van der Waals surface area (Å²) in [6.07, 6.45) is 0.413. The number of thioether (sulfide) groups is 1. The van der Waals surface area contributed by atoms with Gasteiger partial charge in [0, 0.05) is 36.4 Å². The Hall–Kier alpha value is -0.710. The van der Waals surface area contributed by atoms with Gasteiger partial charge in [-0.2, -0.15) is 11.8 Å². The van der Waals surface area contributed by atoms with Crippen LogP contribution in [0.5, 0.6) is 0 Å². The van der Waals surface area contributed by atoms with Crippen molar-refractivity contribution in [2.24, 2.45) is 5.92 Å². The van der Waals surface area contributed by atoms with E-state index in [1.165, 1.54) is 0 Å². The smallest absolute Gasteiger partial charge is 0.303 e.